The molecule has 17 heavy (non-hydrogen) atoms. The highest BCUT2D eigenvalue weighted by atomic mass is 16.4. The molecule has 4 N–H and O–H groups in total. The molecule has 6 nitrogen and oxygen atoms in total. The molecule has 0 saturated carbocycles. The first-order valence-electron chi connectivity index (χ1n) is 5.38. The summed E-state index contributed by atoms with van der Waals surface area (Å²) in [5.41, 5.74) is 7.52. The Balaban J connectivity index is 2.36. The van der Waals surface area contributed by atoms with Crippen molar-refractivity contribution in [3.8, 4) is 0 Å². The second-order valence-corrected chi connectivity index (χ2v) is 3.62. The average Bonchev–Trinajstić information content (AvgIpc) is 2.74. The third-order valence-corrected chi connectivity index (χ3v) is 2.45. The van der Waals surface area contributed by atoms with Gasteiger partial charge in [0.15, 0.2) is 5.58 Å². The average molecular weight is 237 g/mol. The number of oxazole rings is 1. The van der Waals surface area contributed by atoms with E-state index in [0.717, 1.165) is 0 Å². The maximum absolute atomic E-state index is 8.94. The molecule has 0 atom stereocenters. The molecule has 0 bridgehead atoms. The number of hydrogen-bond donors (Lipinski definition) is 3. The number of nitrogens with two attached hydrogens (primary N) is 1. The highest BCUT2D eigenvalue weighted by Gasteiger charge is 2.14. The number of anilines is 2. The Morgan fingerprint density at radius 1 is 1.24 bits per heavy atom. The van der Waals surface area contributed by atoms with Crippen LogP contribution in [0.25, 0.3) is 11.1 Å². The van der Waals surface area contributed by atoms with E-state index in [2.05, 4.69) is 4.98 Å². The van der Waals surface area contributed by atoms with Crippen LogP contribution in [0.3, 0.4) is 0 Å². The van der Waals surface area contributed by atoms with E-state index in [1.54, 1.807) is 23.1 Å². The fourth-order valence-corrected chi connectivity index (χ4v) is 1.64. The standard InChI is InChI=1S/C11H15N3O3/c12-8-2-1-3-9-10(8)13-11(17-9)14(4-6-15)5-7-16/h1-3,15-16H,4-7,12H2. The number of para-hydroxylation sites is 1. The minimum absolute atomic E-state index is 0.0335. The number of aliphatic hydroxyl groups excluding tert-OH is 2. The van der Waals surface area contributed by atoms with Crippen LogP contribution in [0.4, 0.5) is 11.7 Å². The summed E-state index contributed by atoms with van der Waals surface area (Å²) in [5.74, 6) is 0. The smallest absolute Gasteiger partial charge is 0.298 e. The molecule has 1 heterocycles. The third kappa shape index (κ3) is 2.32. The number of rotatable bonds is 5. The monoisotopic (exact) mass is 237 g/mol. The highest BCUT2D eigenvalue weighted by Crippen LogP contribution is 2.25. The topological polar surface area (TPSA) is 95.8 Å². The molecule has 0 aliphatic carbocycles. The number of hydrogen-bond acceptors (Lipinski definition) is 6. The van der Waals surface area contributed by atoms with E-state index in [4.69, 9.17) is 20.4 Å². The van der Waals surface area contributed by atoms with Gasteiger partial charge in [-0.2, -0.15) is 4.98 Å². The normalized spacial score (nSPS) is 10.9. The molecule has 0 radical (unpaired) electrons. The first-order chi connectivity index (χ1) is 8.26. The molecule has 2 rings (SSSR count). The van der Waals surface area contributed by atoms with Gasteiger partial charge in [-0.1, -0.05) is 6.07 Å². The minimum atomic E-state index is -0.0335. The molecular formula is C11H15N3O3. The van der Waals surface area contributed by atoms with Crippen LogP contribution in [0.2, 0.25) is 0 Å². The Morgan fingerprint density at radius 2 is 1.94 bits per heavy atom. The second kappa shape index (κ2) is 5.03. The Bertz CT molecular complexity index is 492. The van der Waals surface area contributed by atoms with Crippen molar-refractivity contribution in [2.75, 3.05) is 36.9 Å². The van der Waals surface area contributed by atoms with Gasteiger partial charge in [0.05, 0.1) is 18.9 Å². The van der Waals surface area contributed by atoms with Crippen LogP contribution in [-0.4, -0.2) is 41.5 Å². The molecule has 6 heteroatoms. The van der Waals surface area contributed by atoms with Gasteiger partial charge in [0, 0.05) is 13.1 Å². The zero-order valence-electron chi connectivity index (χ0n) is 9.33. The summed E-state index contributed by atoms with van der Waals surface area (Å²) >= 11 is 0. The molecule has 0 saturated heterocycles. The minimum Gasteiger partial charge on any atom is -0.423 e. The number of nitrogens with zero attached hydrogens (tertiary/aromatic N) is 2. The van der Waals surface area contributed by atoms with Crippen molar-refractivity contribution in [3.63, 3.8) is 0 Å². The van der Waals surface area contributed by atoms with Crippen molar-refractivity contribution in [2.24, 2.45) is 0 Å². The second-order valence-electron chi connectivity index (χ2n) is 3.62. The number of fused-ring (bicyclic) bond motifs is 1. The van der Waals surface area contributed by atoms with Gasteiger partial charge in [-0.3, -0.25) is 0 Å². The van der Waals surface area contributed by atoms with Crippen molar-refractivity contribution in [1.29, 1.82) is 0 Å². The molecule has 0 amide bonds. The largest absolute Gasteiger partial charge is 0.423 e. The Morgan fingerprint density at radius 3 is 2.53 bits per heavy atom. The molecule has 0 unspecified atom stereocenters. The third-order valence-electron chi connectivity index (χ3n) is 2.45. The summed E-state index contributed by atoms with van der Waals surface area (Å²) in [6.45, 7) is 0.642. The summed E-state index contributed by atoms with van der Waals surface area (Å²) in [7, 11) is 0. The quantitative estimate of drug-likeness (QED) is 0.643. The van der Waals surface area contributed by atoms with Crippen molar-refractivity contribution in [2.45, 2.75) is 0 Å². The van der Waals surface area contributed by atoms with E-state index in [-0.39, 0.29) is 13.2 Å². The van der Waals surface area contributed by atoms with E-state index in [9.17, 15) is 0 Å². The molecule has 2 aromatic rings. The molecular weight excluding hydrogens is 222 g/mol. The van der Waals surface area contributed by atoms with Crippen LogP contribution in [0.1, 0.15) is 0 Å². The summed E-state index contributed by atoms with van der Waals surface area (Å²) < 4.78 is 5.53. The zero-order chi connectivity index (χ0) is 12.3. The lowest BCUT2D eigenvalue weighted by Gasteiger charge is -2.17. The van der Waals surface area contributed by atoms with Gasteiger partial charge in [-0.15, -0.1) is 0 Å². The summed E-state index contributed by atoms with van der Waals surface area (Å²) in [5, 5.41) is 17.9. The van der Waals surface area contributed by atoms with E-state index < -0.39 is 0 Å². The Kier molecular flexibility index (Phi) is 3.46. The van der Waals surface area contributed by atoms with Gasteiger partial charge in [0.25, 0.3) is 6.01 Å². The van der Waals surface area contributed by atoms with Gasteiger partial charge in [0.2, 0.25) is 0 Å². The van der Waals surface area contributed by atoms with E-state index in [0.29, 0.717) is 35.9 Å². The highest BCUT2D eigenvalue weighted by molar-refractivity contribution is 5.86. The maximum atomic E-state index is 8.94. The number of aliphatic hydroxyl groups is 2. The van der Waals surface area contributed by atoms with Crippen molar-refractivity contribution in [1.82, 2.24) is 4.98 Å². The molecule has 0 spiro atoms. The van der Waals surface area contributed by atoms with Crippen LogP contribution >= 0.6 is 0 Å². The zero-order valence-corrected chi connectivity index (χ0v) is 9.33. The fraction of sp³-hybridized carbons (Fsp3) is 0.364. The van der Waals surface area contributed by atoms with Gasteiger partial charge < -0.3 is 25.3 Å². The lowest BCUT2D eigenvalue weighted by Crippen LogP contribution is -2.29. The fourth-order valence-electron chi connectivity index (χ4n) is 1.64. The predicted octanol–water partition coefficient (Wildman–Crippen LogP) is 0.201. The van der Waals surface area contributed by atoms with Crippen LogP contribution in [0.5, 0.6) is 0 Å². The van der Waals surface area contributed by atoms with E-state index in [1.165, 1.54) is 0 Å². The molecule has 0 aliphatic heterocycles. The van der Waals surface area contributed by atoms with Crippen LogP contribution in [0.15, 0.2) is 22.6 Å². The lowest BCUT2D eigenvalue weighted by atomic mass is 10.3. The van der Waals surface area contributed by atoms with Gasteiger partial charge in [-0.05, 0) is 12.1 Å². The Labute approximate surface area is 98.3 Å². The van der Waals surface area contributed by atoms with Crippen molar-refractivity contribution >= 4 is 22.8 Å². The molecule has 0 aliphatic rings. The summed E-state index contributed by atoms with van der Waals surface area (Å²) in [6.07, 6.45) is 0. The molecule has 92 valence electrons. The first-order valence-corrected chi connectivity index (χ1v) is 5.38. The van der Waals surface area contributed by atoms with Crippen molar-refractivity contribution in [3.05, 3.63) is 18.2 Å². The Hall–Kier alpha value is -1.79. The van der Waals surface area contributed by atoms with Crippen molar-refractivity contribution < 1.29 is 14.6 Å². The SMILES string of the molecule is Nc1cccc2oc(N(CCO)CCO)nc12. The number of aromatic nitrogens is 1. The van der Waals surface area contributed by atoms with Gasteiger partial charge >= 0.3 is 0 Å². The van der Waals surface area contributed by atoms with Gasteiger partial charge in [0.1, 0.15) is 5.52 Å². The lowest BCUT2D eigenvalue weighted by molar-refractivity contribution is 0.277. The molecule has 0 fully saturated rings. The van der Waals surface area contributed by atoms with Gasteiger partial charge in [-0.25, -0.2) is 0 Å². The first kappa shape index (κ1) is 11.7. The van der Waals surface area contributed by atoms with Crippen LogP contribution in [0, 0.1) is 0 Å². The van der Waals surface area contributed by atoms with Crippen LogP contribution < -0.4 is 10.6 Å². The van der Waals surface area contributed by atoms with E-state index >= 15 is 0 Å². The predicted molar refractivity (Wildman–Crippen MR) is 64.8 cm³/mol. The number of nitrogen functional groups attached to an aromatic ring is 1. The summed E-state index contributed by atoms with van der Waals surface area (Å²) in [4.78, 5) is 5.93. The summed E-state index contributed by atoms with van der Waals surface area (Å²) in [6, 6.07) is 5.67. The molecule has 1 aromatic heterocycles. The van der Waals surface area contributed by atoms with Crippen LogP contribution in [-0.2, 0) is 0 Å². The van der Waals surface area contributed by atoms with E-state index in [1.807, 2.05) is 0 Å². The maximum Gasteiger partial charge on any atom is 0.298 e. The molecule has 1 aromatic carbocycles. The number of benzene rings is 1.